The third-order valence-electron chi connectivity index (χ3n) is 14.7. The zero-order valence-corrected chi connectivity index (χ0v) is 32.0. The van der Waals surface area contributed by atoms with Crippen molar-refractivity contribution >= 4 is 25.1 Å². The minimum atomic E-state index is -0.0932. The van der Waals surface area contributed by atoms with E-state index < -0.39 is 0 Å². The molecule has 0 radical (unpaired) electrons. The Kier molecular flexibility index (Phi) is 7.65. The van der Waals surface area contributed by atoms with Crippen LogP contribution in [-0.4, -0.2) is 35.0 Å². The van der Waals surface area contributed by atoms with Crippen molar-refractivity contribution in [2.24, 2.45) is 33.5 Å². The fraction of sp³-hybridized carbons (Fsp3) is 0.850. The predicted octanol–water partition coefficient (Wildman–Crippen LogP) is 10.9. The maximum atomic E-state index is 4.02. The Morgan fingerprint density at radius 1 is 0.667 bits per heavy atom. The van der Waals surface area contributed by atoms with E-state index in [2.05, 4.69) is 62.6 Å². The zero-order valence-electron chi connectivity index (χ0n) is 29.1. The second kappa shape index (κ2) is 11.0. The van der Waals surface area contributed by atoms with Crippen LogP contribution >= 0.6 is 25.1 Å². The fourth-order valence-corrected chi connectivity index (χ4v) is 26.0. The summed E-state index contributed by atoms with van der Waals surface area (Å²) in [6.45, 7) is 13.4. The molecule has 2 saturated heterocycles. The van der Waals surface area contributed by atoms with E-state index in [0.717, 1.165) is 46.0 Å². The molecule has 45 heavy (non-hydrogen) atoms. The maximum absolute atomic E-state index is 4.02. The fourth-order valence-electron chi connectivity index (χ4n) is 15.5. The summed E-state index contributed by atoms with van der Waals surface area (Å²) in [5.74, 6) is 3.54. The zero-order chi connectivity index (χ0) is 30.7. The second-order valence-corrected chi connectivity index (χ2v) is 27.2. The largest absolute Gasteiger partial charge is 0.310 e. The van der Waals surface area contributed by atoms with Gasteiger partial charge in [-0.05, 0) is 177 Å². The van der Waals surface area contributed by atoms with Gasteiger partial charge in [0.2, 0.25) is 0 Å². The topological polar surface area (TPSA) is 24.1 Å². The molecule has 11 rings (SSSR count). The van der Waals surface area contributed by atoms with Crippen LogP contribution in [0.2, 0.25) is 0 Å². The average Bonchev–Trinajstić information content (AvgIpc) is 3.62. The van der Waals surface area contributed by atoms with Gasteiger partial charge in [-0.1, -0.05) is 59.9 Å². The van der Waals surface area contributed by atoms with Gasteiger partial charge in [-0.25, -0.2) is 0 Å². The summed E-state index contributed by atoms with van der Waals surface area (Å²) >= 11 is 0. The Hall–Kier alpha value is 0.430. The van der Waals surface area contributed by atoms with Crippen molar-refractivity contribution in [3.63, 3.8) is 0 Å². The molecule has 1 aromatic carbocycles. The van der Waals surface area contributed by atoms with Gasteiger partial charge in [-0.15, -0.1) is 17.2 Å². The quantitative estimate of drug-likeness (QED) is 0.257. The van der Waals surface area contributed by atoms with Crippen LogP contribution in [0.15, 0.2) is 24.3 Å². The highest BCUT2D eigenvalue weighted by atomic mass is 31.1. The molecule has 8 bridgehead atoms. The molecule has 8 saturated carbocycles. The van der Waals surface area contributed by atoms with Crippen LogP contribution in [0.4, 0.5) is 0 Å². The van der Waals surface area contributed by atoms with Crippen molar-refractivity contribution in [3.05, 3.63) is 35.4 Å². The van der Waals surface area contributed by atoms with Crippen LogP contribution in [0.25, 0.3) is 0 Å². The van der Waals surface area contributed by atoms with Gasteiger partial charge in [0.1, 0.15) is 0 Å². The number of hydrogen-bond acceptors (Lipinski definition) is 2. The van der Waals surface area contributed by atoms with Gasteiger partial charge in [0.05, 0.1) is 0 Å². The van der Waals surface area contributed by atoms with Crippen LogP contribution in [-0.2, 0) is 6.16 Å². The summed E-state index contributed by atoms with van der Waals surface area (Å²) in [4.78, 5) is 0. The van der Waals surface area contributed by atoms with E-state index in [4.69, 9.17) is 0 Å². The molecule has 2 N–H and O–H groups in total. The minimum Gasteiger partial charge on any atom is -0.310 e. The van der Waals surface area contributed by atoms with Gasteiger partial charge in [0.25, 0.3) is 0 Å². The SMILES string of the molecule is CC12CC3CC(C)(C1)CC(PC(PC14CC5CC(C)(CC(C)(C5)C1)C4)c1ccccc1CP(C1CCCN1)C1CCCN1)(C3)C2. The first kappa shape index (κ1) is 31.4. The monoisotopic (exact) mass is 664 g/mol. The van der Waals surface area contributed by atoms with Crippen molar-refractivity contribution in [1.82, 2.24) is 10.6 Å². The van der Waals surface area contributed by atoms with Crippen LogP contribution in [0, 0.1) is 33.5 Å². The molecule has 10 aliphatic rings. The highest BCUT2D eigenvalue weighted by molar-refractivity contribution is 7.59. The van der Waals surface area contributed by atoms with E-state index >= 15 is 0 Å². The molecule has 2 aliphatic heterocycles. The molecule has 5 heteroatoms. The molecule has 0 spiro atoms. The molecular formula is C40H63N2P3. The molecule has 2 nitrogen and oxygen atoms in total. The third-order valence-corrected chi connectivity index (χ3v) is 22.3. The van der Waals surface area contributed by atoms with E-state index in [-0.39, 0.29) is 7.92 Å². The number of benzene rings is 1. The van der Waals surface area contributed by atoms with Gasteiger partial charge in [-0.2, -0.15) is 0 Å². The van der Waals surface area contributed by atoms with E-state index in [1.807, 2.05) is 5.56 Å². The molecule has 2 heterocycles. The molecular weight excluding hydrogens is 601 g/mol. The standard InChI is InChI=1S/C40H63N2P3/c1-35-15-28-16-36(2,22-35)25-39(19-28,24-35)43-34(44-40-20-29-17-37(3,26-40)23-38(4,18-29)27-40)31-10-6-5-9-30(31)21-45(32-11-7-13-41-32)33-12-8-14-42-33/h5-6,9-10,28-29,32-34,41-44H,7-8,11-27H2,1-4H3. The van der Waals surface area contributed by atoms with Gasteiger partial charge in [-0.3, -0.25) is 0 Å². The van der Waals surface area contributed by atoms with Crippen molar-refractivity contribution in [2.45, 2.75) is 164 Å². The summed E-state index contributed by atoms with van der Waals surface area (Å²) in [5.41, 5.74) is 6.09. The van der Waals surface area contributed by atoms with Crippen LogP contribution in [0.3, 0.4) is 0 Å². The lowest BCUT2D eigenvalue weighted by Crippen LogP contribution is -2.57. The maximum Gasteiger partial charge on any atom is 0.0286 e. The van der Waals surface area contributed by atoms with E-state index in [9.17, 15) is 0 Å². The molecule has 1 aromatic rings. The number of nitrogens with one attached hydrogen (secondary N) is 2. The predicted molar refractivity (Wildman–Crippen MR) is 199 cm³/mol. The highest BCUT2D eigenvalue weighted by Gasteiger charge is 2.63. The number of rotatable bonds is 9. The van der Waals surface area contributed by atoms with Gasteiger partial charge in [0.15, 0.2) is 0 Å². The molecule has 248 valence electrons. The second-order valence-electron chi connectivity index (χ2n) is 20.1. The van der Waals surface area contributed by atoms with Gasteiger partial charge in [0, 0.05) is 17.0 Å². The summed E-state index contributed by atoms with van der Waals surface area (Å²) in [6.07, 6.45) is 25.4. The smallest absolute Gasteiger partial charge is 0.0286 e. The lowest BCUT2D eigenvalue weighted by Gasteiger charge is -2.67. The molecule has 0 amide bonds. The summed E-state index contributed by atoms with van der Waals surface area (Å²) < 4.78 is 0. The van der Waals surface area contributed by atoms with E-state index in [1.165, 1.54) is 83.5 Å². The first-order valence-corrected chi connectivity index (χ1v) is 23.1. The molecule has 10 fully saturated rings. The van der Waals surface area contributed by atoms with Gasteiger partial charge < -0.3 is 10.6 Å². The van der Waals surface area contributed by atoms with Crippen LogP contribution in [0.1, 0.15) is 147 Å². The Labute approximate surface area is 280 Å². The summed E-state index contributed by atoms with van der Waals surface area (Å²) in [6, 6.07) is 10.2. The molecule has 8 aliphatic carbocycles. The van der Waals surface area contributed by atoms with Gasteiger partial charge >= 0.3 is 0 Å². The van der Waals surface area contributed by atoms with Crippen molar-refractivity contribution in [1.29, 1.82) is 0 Å². The van der Waals surface area contributed by atoms with Crippen molar-refractivity contribution in [2.75, 3.05) is 13.1 Å². The van der Waals surface area contributed by atoms with E-state index in [0.29, 0.717) is 32.0 Å². The molecule has 8 unspecified atom stereocenters. The normalized spacial score (nSPS) is 51.4. The minimum absolute atomic E-state index is 0.0932. The summed E-state index contributed by atoms with van der Waals surface area (Å²) in [7, 11) is 2.19. The Morgan fingerprint density at radius 3 is 1.56 bits per heavy atom. The molecule has 0 aromatic heterocycles. The van der Waals surface area contributed by atoms with Crippen molar-refractivity contribution in [3.8, 4) is 0 Å². The average molecular weight is 665 g/mol. The van der Waals surface area contributed by atoms with Crippen LogP contribution < -0.4 is 10.6 Å². The lowest BCUT2D eigenvalue weighted by atomic mass is 9.45. The Morgan fingerprint density at radius 2 is 1.13 bits per heavy atom. The molecule has 8 atom stereocenters. The third kappa shape index (κ3) is 5.80. The van der Waals surface area contributed by atoms with E-state index in [1.54, 1.807) is 44.1 Å². The lowest BCUT2D eigenvalue weighted by molar-refractivity contribution is -0.0794. The first-order chi connectivity index (χ1) is 21.4. The highest BCUT2D eigenvalue weighted by Crippen LogP contribution is 2.78. The Bertz CT molecular complexity index is 1190. The summed E-state index contributed by atoms with van der Waals surface area (Å²) in [5, 5.41) is 10.1. The first-order valence-electron chi connectivity index (χ1n) is 19.3. The Balaban J connectivity index is 1.09. The van der Waals surface area contributed by atoms with Crippen molar-refractivity contribution < 1.29 is 0 Å². The number of hydrogen-bond donors (Lipinski definition) is 2. The van der Waals surface area contributed by atoms with Crippen LogP contribution in [0.5, 0.6) is 0 Å².